The summed E-state index contributed by atoms with van der Waals surface area (Å²) in [7, 11) is 0.727. The van der Waals surface area contributed by atoms with Gasteiger partial charge in [0.25, 0.3) is 0 Å². The number of ether oxygens (including phenoxy) is 1. The second-order valence-corrected chi connectivity index (χ2v) is 6.53. The average molecular weight is 318 g/mol. The molecule has 1 rings (SSSR count). The van der Waals surface area contributed by atoms with Crippen molar-refractivity contribution in [2.24, 2.45) is 0 Å². The summed E-state index contributed by atoms with van der Waals surface area (Å²) in [6.45, 7) is 1.96. The van der Waals surface area contributed by atoms with E-state index >= 15 is 0 Å². The van der Waals surface area contributed by atoms with Crippen molar-refractivity contribution in [3.63, 3.8) is 0 Å². The number of esters is 1. The van der Waals surface area contributed by atoms with Crippen molar-refractivity contribution in [2.75, 3.05) is 27.7 Å². The molecule has 1 atom stereocenters. The maximum Gasteiger partial charge on any atom is 0.339 e. The van der Waals surface area contributed by atoms with E-state index in [0.29, 0.717) is 0 Å². The van der Waals surface area contributed by atoms with Crippen LogP contribution in [0.5, 0.6) is 0 Å². The Kier molecular flexibility index (Phi) is 5.82. The first kappa shape index (κ1) is 17.5. The largest absolute Gasteiger partial charge is 0.465 e. The Bertz CT molecular complexity index is 617. The number of nitrogens with one attached hydrogen (secondary N) is 1. The summed E-state index contributed by atoms with van der Waals surface area (Å²) in [6, 6.07) is 2.84. The van der Waals surface area contributed by atoms with Gasteiger partial charge in [-0.25, -0.2) is 22.3 Å². The molecule has 0 radical (unpaired) electrons. The highest BCUT2D eigenvalue weighted by molar-refractivity contribution is 7.89. The molecule has 0 aliphatic rings. The molecule has 0 heterocycles. The van der Waals surface area contributed by atoms with Crippen molar-refractivity contribution >= 4 is 16.0 Å². The molecule has 1 N–H and O–H groups in total. The topological polar surface area (TPSA) is 75.7 Å². The summed E-state index contributed by atoms with van der Waals surface area (Å²) in [5.41, 5.74) is -0.205. The summed E-state index contributed by atoms with van der Waals surface area (Å²) in [5.74, 6) is -1.58. The Labute approximate surface area is 123 Å². The van der Waals surface area contributed by atoms with Gasteiger partial charge in [-0.2, -0.15) is 0 Å². The van der Waals surface area contributed by atoms with Crippen molar-refractivity contribution in [2.45, 2.75) is 17.9 Å². The molecule has 1 aromatic carbocycles. The first-order valence-electron chi connectivity index (χ1n) is 6.23. The van der Waals surface area contributed by atoms with Crippen LogP contribution in [0, 0.1) is 5.82 Å². The molecule has 0 aliphatic carbocycles. The number of halogens is 1. The molecular weight excluding hydrogens is 299 g/mol. The fourth-order valence-electron chi connectivity index (χ4n) is 1.49. The summed E-state index contributed by atoms with van der Waals surface area (Å²) in [6.07, 6.45) is 0. The first-order valence-corrected chi connectivity index (χ1v) is 7.71. The summed E-state index contributed by atoms with van der Waals surface area (Å²) in [5, 5.41) is 0. The lowest BCUT2D eigenvalue weighted by molar-refractivity contribution is 0.0596. The van der Waals surface area contributed by atoms with E-state index < -0.39 is 26.7 Å². The lowest BCUT2D eigenvalue weighted by Gasteiger charge is -2.20. The molecule has 0 aliphatic heterocycles. The van der Waals surface area contributed by atoms with Gasteiger partial charge in [-0.3, -0.25) is 0 Å². The van der Waals surface area contributed by atoms with Gasteiger partial charge in [0.1, 0.15) is 5.82 Å². The molecule has 0 spiro atoms. The molecule has 0 saturated heterocycles. The molecule has 21 heavy (non-hydrogen) atoms. The zero-order valence-electron chi connectivity index (χ0n) is 12.4. The molecule has 8 heteroatoms. The van der Waals surface area contributed by atoms with Gasteiger partial charge in [0, 0.05) is 12.6 Å². The molecule has 0 fully saturated rings. The Morgan fingerprint density at radius 3 is 2.57 bits per heavy atom. The molecule has 0 saturated carbocycles. The van der Waals surface area contributed by atoms with Crippen LogP contribution >= 0.6 is 0 Å². The second kappa shape index (κ2) is 6.97. The van der Waals surface area contributed by atoms with Crippen LogP contribution in [0.1, 0.15) is 17.3 Å². The van der Waals surface area contributed by atoms with Crippen molar-refractivity contribution in [1.29, 1.82) is 0 Å². The number of hydrogen-bond donors (Lipinski definition) is 1. The Balaban J connectivity index is 3.13. The van der Waals surface area contributed by atoms with E-state index in [9.17, 15) is 17.6 Å². The van der Waals surface area contributed by atoms with E-state index in [4.69, 9.17) is 0 Å². The minimum atomic E-state index is -4.01. The normalized spacial score (nSPS) is 13.2. The minimum absolute atomic E-state index is 0.0603. The fourth-order valence-corrected chi connectivity index (χ4v) is 2.81. The number of rotatable bonds is 6. The zero-order valence-corrected chi connectivity index (χ0v) is 13.2. The van der Waals surface area contributed by atoms with Gasteiger partial charge >= 0.3 is 5.97 Å². The second-order valence-electron chi connectivity index (χ2n) is 4.80. The predicted octanol–water partition coefficient (Wildman–Crippen LogP) is 0.841. The number of hydrogen-bond acceptors (Lipinski definition) is 5. The summed E-state index contributed by atoms with van der Waals surface area (Å²) in [4.78, 5) is 13.0. The predicted molar refractivity (Wildman–Crippen MR) is 76.1 cm³/mol. The number of carbonyl (C=O) groups is 1. The van der Waals surface area contributed by atoms with E-state index in [0.717, 1.165) is 25.3 Å². The third-order valence-electron chi connectivity index (χ3n) is 3.09. The molecule has 1 unspecified atom stereocenters. The average Bonchev–Trinajstić information content (AvgIpc) is 2.43. The number of likely N-dealkylation sites (N-methyl/N-ethyl adjacent to an activating group) is 1. The molecule has 118 valence electrons. The van der Waals surface area contributed by atoms with Crippen molar-refractivity contribution in [3.8, 4) is 0 Å². The van der Waals surface area contributed by atoms with E-state index in [1.54, 1.807) is 14.1 Å². The number of carbonyl (C=O) groups excluding carboxylic acids is 1. The van der Waals surface area contributed by atoms with E-state index in [1.807, 2.05) is 11.8 Å². The third-order valence-corrected chi connectivity index (χ3v) is 4.55. The van der Waals surface area contributed by atoms with Crippen molar-refractivity contribution in [1.82, 2.24) is 9.62 Å². The van der Waals surface area contributed by atoms with E-state index in [-0.39, 0.29) is 18.2 Å². The molecule has 0 aromatic heterocycles. The van der Waals surface area contributed by atoms with E-state index in [1.165, 1.54) is 0 Å². The monoisotopic (exact) mass is 318 g/mol. The molecule has 0 bridgehead atoms. The van der Waals surface area contributed by atoms with Crippen LogP contribution in [0.25, 0.3) is 0 Å². The molecule has 1 aromatic rings. The van der Waals surface area contributed by atoms with Crippen LogP contribution in [-0.4, -0.2) is 53.1 Å². The lowest BCUT2D eigenvalue weighted by Crippen LogP contribution is -2.38. The molecule has 0 amide bonds. The number of nitrogens with zero attached hydrogens (tertiary/aromatic N) is 1. The van der Waals surface area contributed by atoms with Crippen LogP contribution in [0.2, 0.25) is 0 Å². The molecular formula is C13H19FN2O4S. The highest BCUT2D eigenvalue weighted by atomic mass is 32.2. The number of benzene rings is 1. The van der Waals surface area contributed by atoms with Crippen LogP contribution in [0.4, 0.5) is 4.39 Å². The smallest absolute Gasteiger partial charge is 0.339 e. The van der Waals surface area contributed by atoms with Gasteiger partial charge in [-0.05, 0) is 39.2 Å². The Morgan fingerprint density at radius 2 is 2.05 bits per heavy atom. The first-order chi connectivity index (χ1) is 9.69. The SMILES string of the molecule is COC(=O)c1ccc(F)cc1S(=O)(=O)NCC(C)N(C)C. The summed E-state index contributed by atoms with van der Waals surface area (Å²) < 4.78 is 44.7. The van der Waals surface area contributed by atoms with E-state index in [2.05, 4.69) is 9.46 Å². The third kappa shape index (κ3) is 4.48. The highest BCUT2D eigenvalue weighted by Crippen LogP contribution is 2.18. The molecule has 6 nitrogen and oxygen atoms in total. The van der Waals surface area contributed by atoms with Crippen LogP contribution < -0.4 is 4.72 Å². The van der Waals surface area contributed by atoms with Gasteiger partial charge in [0.15, 0.2) is 0 Å². The van der Waals surface area contributed by atoms with Crippen LogP contribution in [-0.2, 0) is 14.8 Å². The van der Waals surface area contributed by atoms with Crippen LogP contribution in [0.15, 0.2) is 23.1 Å². The quantitative estimate of drug-likeness (QED) is 0.787. The standard InChI is InChI=1S/C13H19FN2O4S/c1-9(16(2)3)8-15-21(18,19)12-7-10(14)5-6-11(12)13(17)20-4/h5-7,9,15H,8H2,1-4H3. The summed E-state index contributed by atoms with van der Waals surface area (Å²) >= 11 is 0. The van der Waals surface area contributed by atoms with Crippen molar-refractivity contribution in [3.05, 3.63) is 29.6 Å². The van der Waals surface area contributed by atoms with Gasteiger partial charge in [-0.15, -0.1) is 0 Å². The van der Waals surface area contributed by atoms with Gasteiger partial charge in [-0.1, -0.05) is 0 Å². The van der Waals surface area contributed by atoms with Gasteiger partial charge in [0.05, 0.1) is 17.6 Å². The maximum atomic E-state index is 13.3. The van der Waals surface area contributed by atoms with Gasteiger partial charge in [0.2, 0.25) is 10.0 Å². The van der Waals surface area contributed by atoms with Crippen molar-refractivity contribution < 1.29 is 22.3 Å². The van der Waals surface area contributed by atoms with Gasteiger partial charge < -0.3 is 9.64 Å². The van der Waals surface area contributed by atoms with Crippen LogP contribution in [0.3, 0.4) is 0 Å². The Morgan fingerprint density at radius 1 is 1.43 bits per heavy atom. The highest BCUT2D eigenvalue weighted by Gasteiger charge is 2.24. The fraction of sp³-hybridized carbons (Fsp3) is 0.462. The lowest BCUT2D eigenvalue weighted by atomic mass is 10.2. The minimum Gasteiger partial charge on any atom is -0.465 e. The zero-order chi connectivity index (χ0) is 16.2. The number of methoxy groups -OCH3 is 1. The Hall–Kier alpha value is -1.51. The maximum absolute atomic E-state index is 13.3. The number of sulfonamides is 1.